The molecule has 1 aromatic carbocycles. The van der Waals surface area contributed by atoms with Crippen LogP contribution in [0.25, 0.3) is 0 Å². The van der Waals surface area contributed by atoms with Crippen LogP contribution in [-0.2, 0) is 4.79 Å². The molecular formula is C16H25NO2. The first kappa shape index (κ1) is 15.5. The molecule has 0 aliphatic heterocycles. The van der Waals surface area contributed by atoms with Crippen LogP contribution < -0.4 is 10.1 Å². The van der Waals surface area contributed by atoms with Gasteiger partial charge in [0.1, 0.15) is 5.75 Å². The average molecular weight is 263 g/mol. The summed E-state index contributed by atoms with van der Waals surface area (Å²) in [7, 11) is 0. The van der Waals surface area contributed by atoms with Crippen LogP contribution in [0.1, 0.15) is 52.5 Å². The number of amides is 1. The summed E-state index contributed by atoms with van der Waals surface area (Å²) in [6.45, 7) is 10.1. The fourth-order valence-electron chi connectivity index (χ4n) is 1.77. The monoisotopic (exact) mass is 263 g/mol. The largest absolute Gasteiger partial charge is 0.481 e. The average Bonchev–Trinajstić information content (AvgIpc) is 2.38. The van der Waals surface area contributed by atoms with Gasteiger partial charge < -0.3 is 10.1 Å². The summed E-state index contributed by atoms with van der Waals surface area (Å²) >= 11 is 0. The Hall–Kier alpha value is -1.51. The molecule has 0 aromatic heterocycles. The predicted molar refractivity (Wildman–Crippen MR) is 78.5 cm³/mol. The third-order valence-corrected chi connectivity index (χ3v) is 3.22. The summed E-state index contributed by atoms with van der Waals surface area (Å²) in [5.41, 5.74) is 1.13. The highest BCUT2D eigenvalue weighted by molar-refractivity contribution is 5.81. The third kappa shape index (κ3) is 4.58. The van der Waals surface area contributed by atoms with Crippen molar-refractivity contribution in [3.05, 3.63) is 29.8 Å². The SMILES string of the molecule is CCC(C)NC(=O)C(C)Oc1ccccc1C(C)C. The Bertz CT molecular complexity index is 415. The predicted octanol–water partition coefficient (Wildman–Crippen LogP) is 3.49. The number of carbonyl (C=O) groups is 1. The van der Waals surface area contributed by atoms with Crippen LogP contribution in [0.2, 0.25) is 0 Å². The molecule has 3 heteroatoms. The van der Waals surface area contributed by atoms with E-state index in [9.17, 15) is 4.79 Å². The lowest BCUT2D eigenvalue weighted by Crippen LogP contribution is -2.41. The highest BCUT2D eigenvalue weighted by atomic mass is 16.5. The van der Waals surface area contributed by atoms with Crippen LogP contribution in [0.3, 0.4) is 0 Å². The molecule has 0 spiro atoms. The van der Waals surface area contributed by atoms with Crippen LogP contribution in [0.4, 0.5) is 0 Å². The molecule has 2 atom stereocenters. The van der Waals surface area contributed by atoms with Gasteiger partial charge in [-0.1, -0.05) is 39.0 Å². The summed E-state index contributed by atoms with van der Waals surface area (Å²) in [6, 6.07) is 8.06. The van der Waals surface area contributed by atoms with Crippen LogP contribution >= 0.6 is 0 Å². The first-order valence-corrected chi connectivity index (χ1v) is 7.01. The standard InChI is InChI=1S/C16H25NO2/c1-6-12(4)17-16(18)13(5)19-15-10-8-7-9-14(15)11(2)3/h7-13H,6H2,1-5H3,(H,17,18). The van der Waals surface area contributed by atoms with Gasteiger partial charge in [0, 0.05) is 6.04 Å². The second kappa shape index (κ2) is 7.17. The first-order valence-electron chi connectivity index (χ1n) is 7.01. The maximum atomic E-state index is 12.0. The smallest absolute Gasteiger partial charge is 0.260 e. The van der Waals surface area contributed by atoms with Crippen molar-refractivity contribution in [1.29, 1.82) is 0 Å². The maximum Gasteiger partial charge on any atom is 0.260 e. The van der Waals surface area contributed by atoms with Gasteiger partial charge in [-0.15, -0.1) is 0 Å². The first-order chi connectivity index (χ1) is 8.95. The number of rotatable bonds is 6. The van der Waals surface area contributed by atoms with E-state index in [1.807, 2.05) is 38.1 Å². The Morgan fingerprint density at radius 1 is 1.21 bits per heavy atom. The molecule has 0 fully saturated rings. The van der Waals surface area contributed by atoms with E-state index in [0.29, 0.717) is 5.92 Å². The van der Waals surface area contributed by atoms with Gasteiger partial charge in [-0.2, -0.15) is 0 Å². The molecule has 0 heterocycles. The van der Waals surface area contributed by atoms with Crippen molar-refractivity contribution < 1.29 is 9.53 Å². The minimum atomic E-state index is -0.478. The van der Waals surface area contributed by atoms with Crippen molar-refractivity contribution >= 4 is 5.91 Å². The van der Waals surface area contributed by atoms with Gasteiger partial charge in [0.15, 0.2) is 6.10 Å². The van der Waals surface area contributed by atoms with E-state index < -0.39 is 6.10 Å². The van der Waals surface area contributed by atoms with E-state index in [2.05, 4.69) is 19.2 Å². The van der Waals surface area contributed by atoms with Gasteiger partial charge in [0.2, 0.25) is 0 Å². The molecular weight excluding hydrogens is 238 g/mol. The van der Waals surface area contributed by atoms with Crippen LogP contribution in [0, 0.1) is 0 Å². The fourth-order valence-corrected chi connectivity index (χ4v) is 1.77. The molecule has 1 aromatic rings. The molecule has 0 bridgehead atoms. The van der Waals surface area contributed by atoms with Crippen molar-refractivity contribution in [2.45, 2.75) is 59.1 Å². The molecule has 0 aliphatic carbocycles. The molecule has 1 rings (SSSR count). The summed E-state index contributed by atoms with van der Waals surface area (Å²) in [5, 5.41) is 2.93. The molecule has 2 unspecified atom stereocenters. The normalized spacial score (nSPS) is 14.0. The molecule has 19 heavy (non-hydrogen) atoms. The highest BCUT2D eigenvalue weighted by Crippen LogP contribution is 2.26. The van der Waals surface area contributed by atoms with E-state index in [-0.39, 0.29) is 11.9 Å². The van der Waals surface area contributed by atoms with Crippen LogP contribution in [-0.4, -0.2) is 18.1 Å². The third-order valence-electron chi connectivity index (χ3n) is 3.22. The molecule has 1 amide bonds. The lowest BCUT2D eigenvalue weighted by molar-refractivity contribution is -0.127. The number of benzene rings is 1. The molecule has 1 N–H and O–H groups in total. The summed E-state index contributed by atoms with van der Waals surface area (Å²) in [5.74, 6) is 1.11. The van der Waals surface area contributed by atoms with Gasteiger partial charge in [0.05, 0.1) is 0 Å². The minimum Gasteiger partial charge on any atom is -0.481 e. The van der Waals surface area contributed by atoms with Gasteiger partial charge in [-0.3, -0.25) is 4.79 Å². The van der Waals surface area contributed by atoms with E-state index >= 15 is 0 Å². The Balaban J connectivity index is 2.71. The second-order valence-corrected chi connectivity index (χ2v) is 5.27. The van der Waals surface area contributed by atoms with Crippen molar-refractivity contribution in [1.82, 2.24) is 5.32 Å². The van der Waals surface area contributed by atoms with Crippen LogP contribution in [0.5, 0.6) is 5.75 Å². The number of nitrogens with one attached hydrogen (secondary N) is 1. The zero-order chi connectivity index (χ0) is 14.4. The van der Waals surface area contributed by atoms with Gasteiger partial charge in [-0.05, 0) is 37.8 Å². The fraction of sp³-hybridized carbons (Fsp3) is 0.562. The molecule has 0 saturated carbocycles. The van der Waals surface area contributed by atoms with Crippen LogP contribution in [0.15, 0.2) is 24.3 Å². The van der Waals surface area contributed by atoms with E-state index in [0.717, 1.165) is 17.7 Å². The Labute approximate surface area is 116 Å². The molecule has 0 aliphatic rings. The van der Waals surface area contributed by atoms with Crippen molar-refractivity contribution in [2.75, 3.05) is 0 Å². The van der Waals surface area contributed by atoms with Crippen molar-refractivity contribution in [3.8, 4) is 5.75 Å². The highest BCUT2D eigenvalue weighted by Gasteiger charge is 2.18. The van der Waals surface area contributed by atoms with Crippen molar-refractivity contribution in [3.63, 3.8) is 0 Å². The molecule has 106 valence electrons. The van der Waals surface area contributed by atoms with Gasteiger partial charge in [-0.25, -0.2) is 0 Å². The molecule has 0 saturated heterocycles. The number of ether oxygens (including phenoxy) is 1. The second-order valence-electron chi connectivity index (χ2n) is 5.27. The quantitative estimate of drug-likeness (QED) is 0.853. The number of hydrogen-bond acceptors (Lipinski definition) is 2. The zero-order valence-corrected chi connectivity index (χ0v) is 12.6. The number of hydrogen-bond donors (Lipinski definition) is 1. The maximum absolute atomic E-state index is 12.0. The number of para-hydroxylation sites is 1. The Kier molecular flexibility index (Phi) is 5.87. The zero-order valence-electron chi connectivity index (χ0n) is 12.6. The van der Waals surface area contributed by atoms with Crippen molar-refractivity contribution in [2.24, 2.45) is 0 Å². The van der Waals surface area contributed by atoms with Gasteiger partial charge >= 0.3 is 0 Å². The Morgan fingerprint density at radius 3 is 2.42 bits per heavy atom. The Morgan fingerprint density at radius 2 is 1.84 bits per heavy atom. The minimum absolute atomic E-state index is 0.0621. The topological polar surface area (TPSA) is 38.3 Å². The molecule has 0 radical (unpaired) electrons. The lowest BCUT2D eigenvalue weighted by atomic mass is 10.0. The summed E-state index contributed by atoms with van der Waals surface area (Å²) in [4.78, 5) is 12.0. The van der Waals surface area contributed by atoms with E-state index in [4.69, 9.17) is 4.74 Å². The van der Waals surface area contributed by atoms with E-state index in [1.165, 1.54) is 0 Å². The summed E-state index contributed by atoms with van der Waals surface area (Å²) < 4.78 is 5.80. The lowest BCUT2D eigenvalue weighted by Gasteiger charge is -2.20. The van der Waals surface area contributed by atoms with E-state index in [1.54, 1.807) is 6.92 Å². The number of carbonyl (C=O) groups excluding carboxylic acids is 1. The molecule has 3 nitrogen and oxygen atoms in total. The summed E-state index contributed by atoms with van der Waals surface area (Å²) in [6.07, 6.45) is 0.440. The van der Waals surface area contributed by atoms with Gasteiger partial charge in [0.25, 0.3) is 5.91 Å².